The van der Waals surface area contributed by atoms with Crippen molar-refractivity contribution in [3.05, 3.63) is 0 Å². The van der Waals surface area contributed by atoms with Crippen LogP contribution in [0, 0.1) is 0 Å². The van der Waals surface area contributed by atoms with Crippen LogP contribution in [0.1, 0.15) is 6.42 Å². The Morgan fingerprint density at radius 1 is 0.769 bits per heavy atom. The van der Waals surface area contributed by atoms with Crippen molar-refractivity contribution >= 4 is 0 Å². The van der Waals surface area contributed by atoms with E-state index in [1.165, 1.54) is 6.42 Å². The van der Waals surface area contributed by atoms with E-state index in [0.717, 1.165) is 39.3 Å². The maximum atomic E-state index is 5.44. The number of nitrogens with zero attached hydrogens (tertiary/aromatic N) is 2. The van der Waals surface area contributed by atoms with Gasteiger partial charge in [-0.3, -0.25) is 0 Å². The molecule has 0 aliphatic heterocycles. The average molecular weight is 188 g/mol. The predicted molar refractivity (Wildman–Crippen MR) is 57.7 cm³/mol. The van der Waals surface area contributed by atoms with Crippen molar-refractivity contribution < 1.29 is 0 Å². The summed E-state index contributed by atoms with van der Waals surface area (Å²) in [7, 11) is 4.21. The third-order valence-corrected chi connectivity index (χ3v) is 2.10. The molecule has 0 saturated carbocycles. The Kier molecular flexibility index (Phi) is 8.33. The Hall–Kier alpha value is -0.160. The van der Waals surface area contributed by atoms with E-state index in [2.05, 4.69) is 23.9 Å². The van der Waals surface area contributed by atoms with Gasteiger partial charge < -0.3 is 21.3 Å². The van der Waals surface area contributed by atoms with Crippen molar-refractivity contribution in [2.24, 2.45) is 11.5 Å². The van der Waals surface area contributed by atoms with E-state index in [-0.39, 0.29) is 0 Å². The van der Waals surface area contributed by atoms with Gasteiger partial charge in [-0.25, -0.2) is 0 Å². The molecule has 0 rings (SSSR count). The van der Waals surface area contributed by atoms with Crippen LogP contribution in [0.15, 0.2) is 0 Å². The lowest BCUT2D eigenvalue weighted by atomic mass is 10.3. The van der Waals surface area contributed by atoms with E-state index in [9.17, 15) is 0 Å². The minimum Gasteiger partial charge on any atom is -0.329 e. The van der Waals surface area contributed by atoms with Crippen LogP contribution in [0.3, 0.4) is 0 Å². The summed E-state index contributed by atoms with van der Waals surface area (Å²) in [4.78, 5) is 4.52. The van der Waals surface area contributed by atoms with Crippen molar-refractivity contribution in [2.45, 2.75) is 6.42 Å². The van der Waals surface area contributed by atoms with Gasteiger partial charge in [0.25, 0.3) is 0 Å². The van der Waals surface area contributed by atoms with Gasteiger partial charge in [0, 0.05) is 26.2 Å². The van der Waals surface area contributed by atoms with Gasteiger partial charge in [0.1, 0.15) is 0 Å². The fourth-order valence-corrected chi connectivity index (χ4v) is 1.27. The summed E-state index contributed by atoms with van der Waals surface area (Å²) in [6.07, 6.45) is 1.19. The first-order valence-electron chi connectivity index (χ1n) is 4.98. The molecule has 4 nitrogen and oxygen atoms in total. The number of rotatable bonds is 8. The minimum atomic E-state index is 0.745. The highest BCUT2D eigenvalue weighted by Gasteiger charge is 1.98. The highest BCUT2D eigenvalue weighted by Crippen LogP contribution is 1.89. The summed E-state index contributed by atoms with van der Waals surface area (Å²) in [5, 5.41) is 0. The number of likely N-dealkylation sites (N-methyl/N-ethyl adjacent to an activating group) is 2. The molecule has 13 heavy (non-hydrogen) atoms. The average Bonchev–Trinajstić information content (AvgIpc) is 2.05. The van der Waals surface area contributed by atoms with Crippen molar-refractivity contribution in [1.29, 1.82) is 0 Å². The normalized spacial score (nSPS) is 11.5. The summed E-state index contributed by atoms with van der Waals surface area (Å²) >= 11 is 0. The molecule has 0 amide bonds. The Labute approximate surface area is 81.9 Å². The van der Waals surface area contributed by atoms with Crippen LogP contribution in [0.4, 0.5) is 0 Å². The van der Waals surface area contributed by atoms with Crippen LogP contribution in [-0.2, 0) is 0 Å². The van der Waals surface area contributed by atoms with E-state index < -0.39 is 0 Å². The second kappa shape index (κ2) is 8.44. The van der Waals surface area contributed by atoms with Crippen molar-refractivity contribution in [1.82, 2.24) is 9.80 Å². The smallest absolute Gasteiger partial charge is 0.0102 e. The standard InChI is InChI=1S/C9H24N4/c1-12(8-4-10)6-3-7-13(2)9-5-11/h3-11H2,1-2H3. The van der Waals surface area contributed by atoms with Crippen molar-refractivity contribution in [3.63, 3.8) is 0 Å². The molecule has 4 heteroatoms. The largest absolute Gasteiger partial charge is 0.329 e. The van der Waals surface area contributed by atoms with Crippen LogP contribution in [0.2, 0.25) is 0 Å². The first-order valence-corrected chi connectivity index (χ1v) is 4.98. The first-order chi connectivity index (χ1) is 6.20. The molecular formula is C9H24N4. The van der Waals surface area contributed by atoms with E-state index in [0.29, 0.717) is 0 Å². The third kappa shape index (κ3) is 8.18. The third-order valence-electron chi connectivity index (χ3n) is 2.10. The lowest BCUT2D eigenvalue weighted by Crippen LogP contribution is -2.31. The highest BCUT2D eigenvalue weighted by molar-refractivity contribution is 4.56. The zero-order valence-corrected chi connectivity index (χ0v) is 9.00. The molecule has 0 aliphatic carbocycles. The van der Waals surface area contributed by atoms with E-state index in [1.54, 1.807) is 0 Å². The summed E-state index contributed by atoms with van der Waals surface area (Å²) in [6.45, 7) is 5.70. The van der Waals surface area contributed by atoms with Gasteiger partial charge in [-0.2, -0.15) is 0 Å². The molecule has 0 radical (unpaired) electrons. The van der Waals surface area contributed by atoms with E-state index in [1.807, 2.05) is 0 Å². The fourth-order valence-electron chi connectivity index (χ4n) is 1.27. The van der Waals surface area contributed by atoms with Gasteiger partial charge in [0.05, 0.1) is 0 Å². The minimum absolute atomic E-state index is 0.745. The molecule has 0 bridgehead atoms. The lowest BCUT2D eigenvalue weighted by molar-refractivity contribution is 0.286. The van der Waals surface area contributed by atoms with Crippen molar-refractivity contribution in [3.8, 4) is 0 Å². The van der Waals surface area contributed by atoms with Crippen LogP contribution in [0.25, 0.3) is 0 Å². The maximum Gasteiger partial charge on any atom is 0.0102 e. The molecule has 80 valence electrons. The van der Waals surface area contributed by atoms with Crippen LogP contribution >= 0.6 is 0 Å². The van der Waals surface area contributed by atoms with Gasteiger partial charge in [-0.15, -0.1) is 0 Å². The number of hydrogen-bond donors (Lipinski definition) is 2. The van der Waals surface area contributed by atoms with E-state index in [4.69, 9.17) is 11.5 Å². The Morgan fingerprint density at radius 3 is 1.46 bits per heavy atom. The summed E-state index contributed by atoms with van der Waals surface area (Å²) < 4.78 is 0. The highest BCUT2D eigenvalue weighted by atomic mass is 15.1. The van der Waals surface area contributed by atoms with Crippen LogP contribution < -0.4 is 11.5 Å². The Morgan fingerprint density at radius 2 is 1.15 bits per heavy atom. The van der Waals surface area contributed by atoms with Gasteiger partial charge in [-0.05, 0) is 33.6 Å². The van der Waals surface area contributed by atoms with E-state index >= 15 is 0 Å². The van der Waals surface area contributed by atoms with Crippen molar-refractivity contribution in [2.75, 3.05) is 53.4 Å². The zero-order chi connectivity index (χ0) is 10.1. The zero-order valence-electron chi connectivity index (χ0n) is 9.00. The molecule has 0 saturated heterocycles. The molecule has 0 heterocycles. The SMILES string of the molecule is CN(CCN)CCCN(C)CCN. The fraction of sp³-hybridized carbons (Fsp3) is 1.00. The molecule has 0 unspecified atom stereocenters. The van der Waals surface area contributed by atoms with Gasteiger partial charge in [0.2, 0.25) is 0 Å². The number of nitrogens with two attached hydrogens (primary N) is 2. The first kappa shape index (κ1) is 12.8. The quantitative estimate of drug-likeness (QED) is 0.521. The molecule has 0 aromatic carbocycles. The number of hydrogen-bond acceptors (Lipinski definition) is 4. The molecule has 4 N–H and O–H groups in total. The van der Waals surface area contributed by atoms with Crippen LogP contribution in [-0.4, -0.2) is 63.2 Å². The second-order valence-corrected chi connectivity index (χ2v) is 3.54. The molecule has 0 aromatic heterocycles. The maximum absolute atomic E-state index is 5.44. The Balaban J connectivity index is 3.23. The molecule has 0 spiro atoms. The topological polar surface area (TPSA) is 58.5 Å². The second-order valence-electron chi connectivity index (χ2n) is 3.54. The summed E-state index contributed by atoms with van der Waals surface area (Å²) in [5.74, 6) is 0. The summed E-state index contributed by atoms with van der Waals surface area (Å²) in [5.41, 5.74) is 10.9. The monoisotopic (exact) mass is 188 g/mol. The molecule has 0 atom stereocenters. The molecular weight excluding hydrogens is 164 g/mol. The predicted octanol–water partition coefficient (Wildman–Crippen LogP) is -0.842. The van der Waals surface area contributed by atoms with Crippen LogP contribution in [0.5, 0.6) is 0 Å². The van der Waals surface area contributed by atoms with Gasteiger partial charge >= 0.3 is 0 Å². The molecule has 0 aromatic rings. The molecule has 0 aliphatic rings. The Bertz CT molecular complexity index is 95.8. The summed E-state index contributed by atoms with van der Waals surface area (Å²) in [6, 6.07) is 0. The van der Waals surface area contributed by atoms with Gasteiger partial charge in [-0.1, -0.05) is 0 Å². The molecule has 0 fully saturated rings. The van der Waals surface area contributed by atoms with Gasteiger partial charge in [0.15, 0.2) is 0 Å². The lowest BCUT2D eigenvalue weighted by Gasteiger charge is -2.19.